The maximum atomic E-state index is 10.9. The summed E-state index contributed by atoms with van der Waals surface area (Å²) in [6, 6.07) is 3.45. The van der Waals surface area contributed by atoms with Crippen LogP contribution in [-0.4, -0.2) is 8.42 Å². The van der Waals surface area contributed by atoms with Crippen LogP contribution in [0.25, 0.3) is 0 Å². The molecule has 2 rings (SSSR count). The Morgan fingerprint density at radius 1 is 1.42 bits per heavy atom. The molecule has 0 unspecified atom stereocenters. The van der Waals surface area contributed by atoms with Crippen LogP contribution in [-0.2, 0) is 10.0 Å². The van der Waals surface area contributed by atoms with Crippen molar-refractivity contribution in [3.05, 3.63) is 17.0 Å². The van der Waals surface area contributed by atoms with Gasteiger partial charge >= 0.3 is 0 Å². The van der Waals surface area contributed by atoms with E-state index >= 15 is 0 Å². The fourth-order valence-electron chi connectivity index (χ4n) is 1.07. The van der Waals surface area contributed by atoms with Gasteiger partial charge in [0.15, 0.2) is 0 Å². The summed E-state index contributed by atoms with van der Waals surface area (Å²) in [5.41, 5.74) is 0. The van der Waals surface area contributed by atoms with Crippen LogP contribution in [0.3, 0.4) is 0 Å². The molecule has 1 aromatic rings. The Kier molecular flexibility index (Phi) is 1.75. The summed E-state index contributed by atoms with van der Waals surface area (Å²) in [7, 11) is -3.47. The van der Waals surface area contributed by atoms with E-state index in [0.29, 0.717) is 5.92 Å². The minimum Gasteiger partial charge on any atom is -0.224 e. The highest BCUT2D eigenvalue weighted by Crippen LogP contribution is 2.43. The first-order valence-electron chi connectivity index (χ1n) is 3.70. The molecule has 1 aliphatic rings. The van der Waals surface area contributed by atoms with Gasteiger partial charge in [0.1, 0.15) is 4.21 Å². The fourth-order valence-corrected chi connectivity index (χ4v) is 2.99. The van der Waals surface area contributed by atoms with E-state index in [1.807, 2.05) is 6.07 Å². The third-order valence-electron chi connectivity index (χ3n) is 1.86. The van der Waals surface area contributed by atoms with Crippen molar-refractivity contribution in [3.8, 4) is 0 Å². The monoisotopic (exact) mass is 203 g/mol. The molecule has 1 aromatic heterocycles. The molecule has 1 saturated carbocycles. The van der Waals surface area contributed by atoms with Gasteiger partial charge in [-0.2, -0.15) is 0 Å². The van der Waals surface area contributed by atoms with Crippen molar-refractivity contribution in [2.75, 3.05) is 0 Å². The highest BCUT2D eigenvalue weighted by atomic mass is 32.2. The van der Waals surface area contributed by atoms with Gasteiger partial charge in [-0.25, -0.2) is 13.6 Å². The number of rotatable bonds is 2. The van der Waals surface area contributed by atoms with Gasteiger partial charge < -0.3 is 0 Å². The van der Waals surface area contributed by atoms with Gasteiger partial charge in [0, 0.05) is 4.88 Å². The summed E-state index contributed by atoms with van der Waals surface area (Å²) in [5.74, 6) is 0.602. The van der Waals surface area contributed by atoms with Crippen LogP contribution in [0.2, 0.25) is 0 Å². The molecule has 0 spiro atoms. The molecule has 0 aromatic carbocycles. The molecule has 0 saturated heterocycles. The number of hydrogen-bond acceptors (Lipinski definition) is 3. The van der Waals surface area contributed by atoms with Gasteiger partial charge in [0.05, 0.1) is 0 Å². The number of sulfonamides is 1. The molecule has 0 aliphatic heterocycles. The molecular weight excluding hydrogens is 194 g/mol. The minimum atomic E-state index is -3.47. The van der Waals surface area contributed by atoms with Crippen molar-refractivity contribution in [2.45, 2.75) is 23.0 Å². The van der Waals surface area contributed by atoms with Crippen LogP contribution >= 0.6 is 11.3 Å². The van der Waals surface area contributed by atoms with Crippen LogP contribution in [0.1, 0.15) is 23.6 Å². The van der Waals surface area contributed by atoms with E-state index in [9.17, 15) is 8.42 Å². The van der Waals surface area contributed by atoms with E-state index in [-0.39, 0.29) is 4.21 Å². The van der Waals surface area contributed by atoms with E-state index in [1.165, 1.54) is 24.2 Å². The van der Waals surface area contributed by atoms with E-state index in [2.05, 4.69) is 0 Å². The second-order valence-electron chi connectivity index (χ2n) is 2.98. The standard InChI is InChI=1S/C7H9NO2S2/c8-12(9,10)7-4-3-6(11-7)5-1-2-5/h3-5H,1-2H2,(H2,8,9,10). The third kappa shape index (κ3) is 1.53. The first-order chi connectivity index (χ1) is 5.57. The summed E-state index contributed by atoms with van der Waals surface area (Å²) in [6.45, 7) is 0. The lowest BCUT2D eigenvalue weighted by molar-refractivity contribution is 0.600. The van der Waals surface area contributed by atoms with Gasteiger partial charge in [-0.1, -0.05) is 0 Å². The lowest BCUT2D eigenvalue weighted by atomic mass is 10.3. The lowest BCUT2D eigenvalue weighted by Gasteiger charge is -1.89. The normalized spacial score (nSPS) is 18.1. The zero-order valence-corrected chi connectivity index (χ0v) is 7.99. The van der Waals surface area contributed by atoms with Gasteiger partial charge in [-0.3, -0.25) is 0 Å². The Morgan fingerprint density at radius 3 is 2.50 bits per heavy atom. The Morgan fingerprint density at radius 2 is 2.08 bits per heavy atom. The molecule has 0 atom stereocenters. The summed E-state index contributed by atoms with van der Waals surface area (Å²) >= 11 is 1.30. The quantitative estimate of drug-likeness (QED) is 0.787. The Labute approximate surface area is 75.3 Å². The molecule has 0 radical (unpaired) electrons. The lowest BCUT2D eigenvalue weighted by Crippen LogP contribution is -2.09. The maximum absolute atomic E-state index is 10.9. The number of thiophene rings is 1. The predicted octanol–water partition coefficient (Wildman–Crippen LogP) is 1.27. The van der Waals surface area contributed by atoms with Crippen LogP contribution in [0.15, 0.2) is 16.3 Å². The van der Waals surface area contributed by atoms with Crippen molar-refractivity contribution < 1.29 is 8.42 Å². The first kappa shape index (κ1) is 8.22. The van der Waals surface area contributed by atoms with E-state index in [0.717, 1.165) is 4.88 Å². The van der Waals surface area contributed by atoms with Gasteiger partial charge in [-0.05, 0) is 30.9 Å². The second kappa shape index (κ2) is 2.55. The summed E-state index contributed by atoms with van der Waals surface area (Å²) in [6.07, 6.45) is 2.37. The van der Waals surface area contributed by atoms with Crippen LogP contribution in [0.4, 0.5) is 0 Å². The molecule has 5 heteroatoms. The average molecular weight is 203 g/mol. The highest BCUT2D eigenvalue weighted by Gasteiger charge is 2.26. The molecule has 1 fully saturated rings. The van der Waals surface area contributed by atoms with Gasteiger partial charge in [0.25, 0.3) is 0 Å². The number of hydrogen-bond donors (Lipinski definition) is 1. The Bertz CT molecular complexity index is 389. The Hall–Kier alpha value is -0.390. The van der Waals surface area contributed by atoms with Crippen LogP contribution in [0.5, 0.6) is 0 Å². The fraction of sp³-hybridized carbons (Fsp3) is 0.429. The van der Waals surface area contributed by atoms with Gasteiger partial charge in [-0.15, -0.1) is 11.3 Å². The molecule has 3 nitrogen and oxygen atoms in total. The zero-order valence-electron chi connectivity index (χ0n) is 6.36. The summed E-state index contributed by atoms with van der Waals surface area (Å²) in [4.78, 5) is 1.15. The smallest absolute Gasteiger partial charge is 0.224 e. The molecule has 12 heavy (non-hydrogen) atoms. The van der Waals surface area contributed by atoms with Crippen molar-refractivity contribution in [1.82, 2.24) is 0 Å². The molecule has 1 heterocycles. The molecule has 1 aliphatic carbocycles. The molecule has 0 amide bonds. The van der Waals surface area contributed by atoms with Crippen LogP contribution < -0.4 is 5.14 Å². The van der Waals surface area contributed by atoms with E-state index in [1.54, 1.807) is 6.07 Å². The molecule has 2 N–H and O–H groups in total. The predicted molar refractivity (Wildman–Crippen MR) is 47.7 cm³/mol. The van der Waals surface area contributed by atoms with E-state index in [4.69, 9.17) is 5.14 Å². The first-order valence-corrected chi connectivity index (χ1v) is 6.06. The highest BCUT2D eigenvalue weighted by molar-refractivity contribution is 7.91. The molecule has 66 valence electrons. The van der Waals surface area contributed by atoms with Crippen molar-refractivity contribution in [1.29, 1.82) is 0 Å². The number of primary sulfonamides is 1. The van der Waals surface area contributed by atoms with Crippen LogP contribution in [0, 0.1) is 0 Å². The molecular formula is C7H9NO2S2. The zero-order chi connectivity index (χ0) is 8.77. The SMILES string of the molecule is NS(=O)(=O)c1ccc(C2CC2)s1. The minimum absolute atomic E-state index is 0.282. The molecule has 0 bridgehead atoms. The maximum Gasteiger partial charge on any atom is 0.247 e. The second-order valence-corrected chi connectivity index (χ2v) is 5.88. The summed E-state index contributed by atoms with van der Waals surface area (Å²) in [5, 5.41) is 4.97. The number of nitrogens with two attached hydrogens (primary N) is 1. The summed E-state index contributed by atoms with van der Waals surface area (Å²) < 4.78 is 22.0. The average Bonchev–Trinajstić information content (AvgIpc) is 2.66. The largest absolute Gasteiger partial charge is 0.247 e. The van der Waals surface area contributed by atoms with Crippen molar-refractivity contribution in [2.24, 2.45) is 5.14 Å². The Balaban J connectivity index is 2.35. The third-order valence-corrected chi connectivity index (χ3v) is 4.55. The van der Waals surface area contributed by atoms with E-state index < -0.39 is 10.0 Å². The topological polar surface area (TPSA) is 60.2 Å². The van der Waals surface area contributed by atoms with Gasteiger partial charge in [0.2, 0.25) is 10.0 Å². The van der Waals surface area contributed by atoms with Crippen molar-refractivity contribution >= 4 is 21.4 Å². The van der Waals surface area contributed by atoms with Crippen molar-refractivity contribution in [3.63, 3.8) is 0 Å².